The molecule has 0 amide bonds. The van der Waals surface area contributed by atoms with Crippen molar-refractivity contribution in [3.05, 3.63) is 18.8 Å². The highest BCUT2D eigenvalue weighted by Crippen LogP contribution is 2.02. The lowest BCUT2D eigenvalue weighted by atomic mass is 10.3. The van der Waals surface area contributed by atoms with Gasteiger partial charge in [0, 0.05) is 6.42 Å². The molecule has 0 unspecified atom stereocenters. The van der Waals surface area contributed by atoms with E-state index in [0.717, 1.165) is 18.6 Å². The third-order valence-electron chi connectivity index (χ3n) is 0.986. The van der Waals surface area contributed by atoms with Crippen molar-refractivity contribution in [1.29, 1.82) is 0 Å². The van der Waals surface area contributed by atoms with Gasteiger partial charge in [-0.15, -0.1) is 0 Å². The number of hydrogen-bond acceptors (Lipinski definition) is 1. The molecule has 0 saturated heterocycles. The first-order chi connectivity index (χ1) is 3.85. The van der Waals surface area contributed by atoms with Gasteiger partial charge in [-0.3, -0.25) is 0 Å². The molecule has 0 aliphatic rings. The summed E-state index contributed by atoms with van der Waals surface area (Å²) >= 11 is 0. The molecule has 1 nitrogen and oxygen atoms in total. The van der Waals surface area contributed by atoms with Crippen LogP contribution in [0.15, 0.2) is 11.8 Å². The van der Waals surface area contributed by atoms with Crippen LogP contribution in [0.25, 0.3) is 0 Å². The minimum atomic E-state index is 0.979. The van der Waals surface area contributed by atoms with Crippen molar-refractivity contribution in [1.82, 2.24) is 0 Å². The van der Waals surface area contributed by atoms with Crippen molar-refractivity contribution in [3.8, 4) is 0 Å². The van der Waals surface area contributed by atoms with Gasteiger partial charge in [-0.1, -0.05) is 6.92 Å². The summed E-state index contributed by atoms with van der Waals surface area (Å²) in [7, 11) is 1.67. The van der Waals surface area contributed by atoms with Gasteiger partial charge in [0.25, 0.3) is 0 Å². The van der Waals surface area contributed by atoms with Crippen molar-refractivity contribution < 1.29 is 4.74 Å². The number of methoxy groups -OCH3 is 1. The van der Waals surface area contributed by atoms with Crippen LogP contribution in [0.1, 0.15) is 19.8 Å². The lowest BCUT2D eigenvalue weighted by Gasteiger charge is -2.00. The summed E-state index contributed by atoms with van der Waals surface area (Å²) in [4.78, 5) is 0. The fraction of sp³-hybridized carbons (Fsp3) is 0.571. The third kappa shape index (κ3) is 2.67. The standard InChI is InChI=1S/C7H13O/c1-4-6-7(5-2)8-3/h5H,2,4,6H2,1,3H3. The highest BCUT2D eigenvalue weighted by Gasteiger charge is 1.87. The van der Waals surface area contributed by atoms with E-state index < -0.39 is 0 Å². The van der Waals surface area contributed by atoms with E-state index in [2.05, 4.69) is 13.8 Å². The summed E-state index contributed by atoms with van der Waals surface area (Å²) in [6.45, 7) is 5.70. The van der Waals surface area contributed by atoms with Crippen molar-refractivity contribution in [2.45, 2.75) is 19.8 Å². The minimum absolute atomic E-state index is 0.979. The highest BCUT2D eigenvalue weighted by atomic mass is 16.5. The van der Waals surface area contributed by atoms with Gasteiger partial charge in [-0.05, 0) is 19.4 Å². The Morgan fingerprint density at radius 2 is 2.38 bits per heavy atom. The van der Waals surface area contributed by atoms with E-state index in [-0.39, 0.29) is 0 Å². The number of ether oxygens (including phenoxy) is 1. The van der Waals surface area contributed by atoms with Gasteiger partial charge in [0.2, 0.25) is 0 Å². The zero-order valence-corrected chi connectivity index (χ0v) is 5.61. The van der Waals surface area contributed by atoms with Crippen LogP contribution >= 0.6 is 0 Å². The summed E-state index contributed by atoms with van der Waals surface area (Å²) < 4.78 is 4.94. The Morgan fingerprint density at radius 3 is 2.50 bits per heavy atom. The summed E-state index contributed by atoms with van der Waals surface area (Å²) in [5.74, 6) is 0.979. The molecule has 0 atom stereocenters. The molecular formula is C7H13O. The van der Waals surface area contributed by atoms with E-state index >= 15 is 0 Å². The lowest BCUT2D eigenvalue weighted by Crippen LogP contribution is -1.83. The molecule has 1 radical (unpaired) electrons. The van der Waals surface area contributed by atoms with Crippen LogP contribution < -0.4 is 0 Å². The molecule has 0 aromatic carbocycles. The molecule has 0 heterocycles. The number of rotatable bonds is 3. The van der Waals surface area contributed by atoms with Gasteiger partial charge in [-0.25, -0.2) is 0 Å². The Bertz CT molecular complexity index is 74.5. The average Bonchev–Trinajstić information content (AvgIpc) is 1.83. The lowest BCUT2D eigenvalue weighted by molar-refractivity contribution is 0.276. The van der Waals surface area contributed by atoms with Gasteiger partial charge < -0.3 is 4.74 Å². The molecule has 1 heteroatoms. The van der Waals surface area contributed by atoms with E-state index in [9.17, 15) is 0 Å². The normalized spacial score (nSPS) is 11.6. The average molecular weight is 113 g/mol. The van der Waals surface area contributed by atoms with Crippen molar-refractivity contribution in [3.63, 3.8) is 0 Å². The second-order valence-electron chi connectivity index (χ2n) is 1.62. The molecule has 0 aromatic heterocycles. The van der Waals surface area contributed by atoms with Crippen LogP contribution in [0, 0.1) is 6.92 Å². The molecular weight excluding hydrogens is 100 g/mol. The zero-order chi connectivity index (χ0) is 6.41. The summed E-state index contributed by atoms with van der Waals surface area (Å²) in [6, 6.07) is 0. The van der Waals surface area contributed by atoms with Crippen LogP contribution in [0.3, 0.4) is 0 Å². The Morgan fingerprint density at radius 1 is 1.75 bits per heavy atom. The largest absolute Gasteiger partial charge is 0.501 e. The first-order valence-corrected chi connectivity index (χ1v) is 2.87. The first kappa shape index (κ1) is 7.54. The Labute approximate surface area is 51.4 Å². The van der Waals surface area contributed by atoms with Crippen molar-refractivity contribution >= 4 is 0 Å². The molecule has 0 bridgehead atoms. The van der Waals surface area contributed by atoms with Crippen molar-refractivity contribution in [2.24, 2.45) is 0 Å². The Kier molecular flexibility index (Phi) is 4.42. The van der Waals surface area contributed by atoms with Crippen LogP contribution in [-0.2, 0) is 4.74 Å². The van der Waals surface area contributed by atoms with Crippen LogP contribution in [-0.4, -0.2) is 7.11 Å². The molecule has 0 aromatic rings. The summed E-state index contributed by atoms with van der Waals surface area (Å²) in [5, 5.41) is 0. The van der Waals surface area contributed by atoms with E-state index in [1.807, 2.05) is 0 Å². The minimum Gasteiger partial charge on any atom is -0.501 e. The molecule has 0 spiro atoms. The van der Waals surface area contributed by atoms with Crippen LogP contribution in [0.2, 0.25) is 0 Å². The van der Waals surface area contributed by atoms with Gasteiger partial charge in [0.1, 0.15) is 0 Å². The molecule has 0 aliphatic heterocycles. The monoisotopic (exact) mass is 113 g/mol. The molecule has 0 rings (SSSR count). The van der Waals surface area contributed by atoms with E-state index in [4.69, 9.17) is 4.74 Å². The number of allylic oxidation sites excluding steroid dienone is 2. The summed E-state index contributed by atoms with van der Waals surface area (Å²) in [6.07, 6.45) is 3.87. The van der Waals surface area contributed by atoms with Crippen molar-refractivity contribution in [2.75, 3.05) is 7.11 Å². The predicted molar refractivity (Wildman–Crippen MR) is 35.4 cm³/mol. The maximum Gasteiger partial charge on any atom is 0.0915 e. The smallest absolute Gasteiger partial charge is 0.0915 e. The van der Waals surface area contributed by atoms with Gasteiger partial charge >= 0.3 is 0 Å². The topological polar surface area (TPSA) is 9.23 Å². The van der Waals surface area contributed by atoms with Crippen LogP contribution in [0.5, 0.6) is 0 Å². The fourth-order valence-corrected chi connectivity index (χ4v) is 0.534. The van der Waals surface area contributed by atoms with Gasteiger partial charge in [0.15, 0.2) is 0 Å². The molecule has 0 N–H and O–H groups in total. The maximum atomic E-state index is 4.94. The molecule has 0 fully saturated rings. The Hall–Kier alpha value is -0.460. The quantitative estimate of drug-likeness (QED) is 0.509. The zero-order valence-electron chi connectivity index (χ0n) is 5.61. The summed E-state index contributed by atoms with van der Waals surface area (Å²) in [5.41, 5.74) is 0. The second-order valence-corrected chi connectivity index (χ2v) is 1.62. The number of hydrogen-bond donors (Lipinski definition) is 0. The van der Waals surface area contributed by atoms with E-state index in [1.165, 1.54) is 0 Å². The van der Waals surface area contributed by atoms with Gasteiger partial charge in [-0.2, -0.15) is 0 Å². The SMILES string of the molecule is [CH2]C=C(CCC)OC. The van der Waals surface area contributed by atoms with E-state index in [1.54, 1.807) is 13.2 Å². The predicted octanol–water partition coefficient (Wildman–Crippen LogP) is 2.15. The second kappa shape index (κ2) is 4.69. The van der Waals surface area contributed by atoms with Gasteiger partial charge in [0.05, 0.1) is 12.9 Å². The van der Waals surface area contributed by atoms with Crippen LogP contribution in [0.4, 0.5) is 0 Å². The highest BCUT2D eigenvalue weighted by molar-refractivity contribution is 4.93. The Balaban J connectivity index is 3.38. The molecule has 0 saturated carbocycles. The first-order valence-electron chi connectivity index (χ1n) is 2.87. The molecule has 47 valence electrons. The third-order valence-corrected chi connectivity index (χ3v) is 0.986. The fourth-order valence-electron chi connectivity index (χ4n) is 0.534. The maximum absolute atomic E-state index is 4.94. The molecule has 0 aliphatic carbocycles. The molecule has 8 heavy (non-hydrogen) atoms. The van der Waals surface area contributed by atoms with E-state index in [0.29, 0.717) is 0 Å².